The van der Waals surface area contributed by atoms with Gasteiger partial charge in [0.25, 0.3) is 5.91 Å². The predicted molar refractivity (Wildman–Crippen MR) is 135 cm³/mol. The van der Waals surface area contributed by atoms with Crippen LogP contribution in [-0.2, 0) is 16.0 Å². The van der Waals surface area contributed by atoms with E-state index in [0.29, 0.717) is 29.8 Å². The zero-order valence-electron chi connectivity index (χ0n) is 20.2. The molecule has 0 saturated heterocycles. The molecule has 2 atom stereocenters. The lowest BCUT2D eigenvalue weighted by molar-refractivity contribution is -0.116. The van der Waals surface area contributed by atoms with Gasteiger partial charge in [-0.05, 0) is 62.1 Å². The first-order valence-electron chi connectivity index (χ1n) is 12.1. The Balaban J connectivity index is 1.56. The first-order valence-corrected chi connectivity index (χ1v) is 12.1. The minimum atomic E-state index is -0.452. The van der Waals surface area contributed by atoms with Crippen molar-refractivity contribution in [3.8, 4) is 0 Å². The number of hydrogen-bond acceptors (Lipinski definition) is 5. The lowest BCUT2D eigenvalue weighted by Gasteiger charge is -2.36. The molecule has 0 bridgehead atoms. The highest BCUT2D eigenvalue weighted by Gasteiger charge is 2.41. The highest BCUT2D eigenvalue weighted by atomic mass is 16.3. The van der Waals surface area contributed by atoms with Gasteiger partial charge >= 0.3 is 0 Å². The maximum absolute atomic E-state index is 13.6. The Kier molecular flexibility index (Phi) is 6.12. The van der Waals surface area contributed by atoms with Crippen LogP contribution in [0.15, 0.2) is 87.8 Å². The number of nitrogens with one attached hydrogen (secondary N) is 2. The monoisotopic (exact) mass is 467 g/mol. The zero-order valence-corrected chi connectivity index (χ0v) is 20.2. The minimum Gasteiger partial charge on any atom is -0.469 e. The number of Topliss-reactive ketones (excluding diaryl/α,β-unsaturated/α-hetero) is 1. The van der Waals surface area contributed by atoms with E-state index in [1.54, 1.807) is 12.3 Å². The molecule has 0 fully saturated rings. The van der Waals surface area contributed by atoms with Gasteiger partial charge in [0.15, 0.2) is 5.78 Å². The number of anilines is 1. The summed E-state index contributed by atoms with van der Waals surface area (Å²) in [6.45, 7) is 5.89. The van der Waals surface area contributed by atoms with E-state index in [-0.39, 0.29) is 17.6 Å². The predicted octanol–water partition coefficient (Wildman–Crippen LogP) is 5.55. The smallest absolute Gasteiger partial charge is 0.255 e. The van der Waals surface area contributed by atoms with Crippen molar-refractivity contribution < 1.29 is 14.0 Å². The molecule has 6 nitrogen and oxygen atoms in total. The summed E-state index contributed by atoms with van der Waals surface area (Å²) in [5.74, 6) is 0.606. The number of aryl methyl sites for hydroxylation is 2. The van der Waals surface area contributed by atoms with Crippen LogP contribution in [0.1, 0.15) is 61.1 Å². The fraction of sp³-hybridized carbons (Fsp3) is 0.276. The SMILES string of the molecule is CCc1ccc([C@H]2C(C(=O)Nc3cccc(C)n3)=C(C)NC3=C2C(=O)C[C@@H](c2ccco2)C3)cc1. The lowest BCUT2D eigenvalue weighted by atomic mass is 9.72. The summed E-state index contributed by atoms with van der Waals surface area (Å²) in [7, 11) is 0. The highest BCUT2D eigenvalue weighted by Crippen LogP contribution is 2.45. The Morgan fingerprint density at radius 1 is 1.09 bits per heavy atom. The zero-order chi connectivity index (χ0) is 24.5. The number of benzene rings is 1. The van der Waals surface area contributed by atoms with Gasteiger partial charge in [0.05, 0.1) is 6.26 Å². The lowest BCUT2D eigenvalue weighted by Crippen LogP contribution is -2.37. The molecule has 2 aliphatic rings. The molecule has 6 heteroatoms. The van der Waals surface area contributed by atoms with Crippen molar-refractivity contribution in [2.45, 2.75) is 51.9 Å². The molecule has 3 heterocycles. The third-order valence-corrected chi connectivity index (χ3v) is 6.87. The average molecular weight is 468 g/mol. The third-order valence-electron chi connectivity index (χ3n) is 6.87. The molecular formula is C29H29N3O3. The summed E-state index contributed by atoms with van der Waals surface area (Å²) in [5.41, 5.74) is 5.79. The molecule has 0 radical (unpaired) electrons. The Morgan fingerprint density at radius 3 is 2.57 bits per heavy atom. The standard InChI is InChI=1S/C29H29N3O3/c1-4-19-10-12-20(13-11-19)27-26(29(34)32-25-9-5-7-17(2)30-25)18(3)31-22-15-21(16-23(33)28(22)27)24-8-6-14-35-24/h5-14,21,27,31H,4,15-16H2,1-3H3,(H,30,32,34)/t21-,27-/m0/s1. The van der Waals surface area contributed by atoms with Crippen molar-refractivity contribution in [3.63, 3.8) is 0 Å². The first-order chi connectivity index (χ1) is 16.9. The van der Waals surface area contributed by atoms with Crippen LogP contribution in [0.5, 0.6) is 0 Å². The van der Waals surface area contributed by atoms with E-state index in [1.165, 1.54) is 5.56 Å². The van der Waals surface area contributed by atoms with Gasteiger partial charge in [0.2, 0.25) is 0 Å². The molecule has 3 aromatic rings. The van der Waals surface area contributed by atoms with Crippen LogP contribution in [0.4, 0.5) is 5.82 Å². The van der Waals surface area contributed by atoms with Crippen molar-refractivity contribution >= 4 is 17.5 Å². The van der Waals surface area contributed by atoms with E-state index in [0.717, 1.165) is 34.8 Å². The number of dihydropyridines is 1. The Labute approximate surface area is 205 Å². The molecule has 2 aromatic heterocycles. The maximum Gasteiger partial charge on any atom is 0.255 e. The van der Waals surface area contributed by atoms with Gasteiger partial charge in [-0.2, -0.15) is 0 Å². The Hall–Kier alpha value is -3.93. The van der Waals surface area contributed by atoms with Crippen LogP contribution in [0.2, 0.25) is 0 Å². The number of ketones is 1. The van der Waals surface area contributed by atoms with Gasteiger partial charge in [-0.1, -0.05) is 37.3 Å². The fourth-order valence-electron chi connectivity index (χ4n) is 5.14. The summed E-state index contributed by atoms with van der Waals surface area (Å²) in [6.07, 6.45) is 3.57. The molecule has 1 aliphatic carbocycles. The largest absolute Gasteiger partial charge is 0.469 e. The fourth-order valence-corrected chi connectivity index (χ4v) is 5.14. The van der Waals surface area contributed by atoms with Crippen molar-refractivity contribution in [1.82, 2.24) is 10.3 Å². The Morgan fingerprint density at radius 2 is 1.89 bits per heavy atom. The van der Waals surface area contributed by atoms with Crippen molar-refractivity contribution in [3.05, 3.63) is 106 Å². The number of amides is 1. The number of rotatable bonds is 5. The number of pyridine rings is 1. The van der Waals surface area contributed by atoms with Crippen LogP contribution in [0.25, 0.3) is 0 Å². The maximum atomic E-state index is 13.6. The molecule has 2 N–H and O–H groups in total. The van der Waals surface area contributed by atoms with E-state index in [1.807, 2.05) is 50.2 Å². The third kappa shape index (κ3) is 4.44. The van der Waals surface area contributed by atoms with Crippen molar-refractivity contribution in [1.29, 1.82) is 0 Å². The minimum absolute atomic E-state index is 0.0217. The summed E-state index contributed by atoms with van der Waals surface area (Å²) >= 11 is 0. The van der Waals surface area contributed by atoms with Crippen LogP contribution in [0.3, 0.4) is 0 Å². The van der Waals surface area contributed by atoms with Crippen LogP contribution in [0, 0.1) is 6.92 Å². The molecule has 0 saturated carbocycles. The number of carbonyl (C=O) groups excluding carboxylic acids is 2. The number of hydrogen-bond donors (Lipinski definition) is 2. The number of aromatic nitrogens is 1. The van der Waals surface area contributed by atoms with E-state index in [9.17, 15) is 9.59 Å². The van der Waals surface area contributed by atoms with E-state index in [2.05, 4.69) is 34.7 Å². The summed E-state index contributed by atoms with van der Waals surface area (Å²) in [6, 6.07) is 17.5. The molecule has 1 amide bonds. The van der Waals surface area contributed by atoms with Gasteiger partial charge < -0.3 is 15.1 Å². The van der Waals surface area contributed by atoms with E-state index < -0.39 is 5.92 Å². The average Bonchev–Trinajstić information content (AvgIpc) is 3.38. The number of furan rings is 1. The molecule has 35 heavy (non-hydrogen) atoms. The normalized spacial score (nSPS) is 19.9. The highest BCUT2D eigenvalue weighted by molar-refractivity contribution is 6.09. The summed E-state index contributed by atoms with van der Waals surface area (Å²) in [4.78, 5) is 31.7. The second kappa shape index (κ2) is 9.37. The molecule has 178 valence electrons. The molecule has 5 rings (SSSR count). The van der Waals surface area contributed by atoms with Gasteiger partial charge in [0.1, 0.15) is 11.6 Å². The topological polar surface area (TPSA) is 84.2 Å². The molecule has 1 aromatic carbocycles. The van der Waals surface area contributed by atoms with E-state index >= 15 is 0 Å². The first kappa shape index (κ1) is 22.8. The Bertz CT molecular complexity index is 1330. The van der Waals surface area contributed by atoms with Crippen LogP contribution in [-0.4, -0.2) is 16.7 Å². The molecule has 0 spiro atoms. The molecular weight excluding hydrogens is 438 g/mol. The van der Waals surface area contributed by atoms with Gasteiger partial charge in [-0.25, -0.2) is 4.98 Å². The van der Waals surface area contributed by atoms with Gasteiger partial charge in [0, 0.05) is 46.5 Å². The summed E-state index contributed by atoms with van der Waals surface area (Å²) in [5, 5.41) is 6.36. The van der Waals surface area contributed by atoms with Gasteiger partial charge in [-0.3, -0.25) is 9.59 Å². The van der Waals surface area contributed by atoms with Crippen LogP contribution >= 0.6 is 0 Å². The second-order valence-corrected chi connectivity index (χ2v) is 9.25. The van der Waals surface area contributed by atoms with Crippen LogP contribution < -0.4 is 10.6 Å². The summed E-state index contributed by atoms with van der Waals surface area (Å²) < 4.78 is 5.61. The van der Waals surface area contributed by atoms with Crippen molar-refractivity contribution in [2.75, 3.05) is 5.32 Å². The van der Waals surface area contributed by atoms with Gasteiger partial charge in [-0.15, -0.1) is 0 Å². The number of carbonyl (C=O) groups is 2. The number of nitrogens with zero attached hydrogens (tertiary/aromatic N) is 1. The quantitative estimate of drug-likeness (QED) is 0.514. The molecule has 0 unspecified atom stereocenters. The number of allylic oxidation sites excluding steroid dienone is 3. The molecule has 1 aliphatic heterocycles. The second-order valence-electron chi connectivity index (χ2n) is 9.25. The van der Waals surface area contributed by atoms with Crippen molar-refractivity contribution in [2.24, 2.45) is 0 Å². The van der Waals surface area contributed by atoms with E-state index in [4.69, 9.17) is 4.42 Å².